The summed E-state index contributed by atoms with van der Waals surface area (Å²) in [7, 11) is 0. The lowest BCUT2D eigenvalue weighted by molar-refractivity contribution is -0.122. The molecule has 0 radical (unpaired) electrons. The SMILES string of the molecule is CCCn1nnnc1CN(CC)CC(=O)NCC. The average Bonchev–Trinajstić information content (AvgIpc) is 2.76. The zero-order chi connectivity index (χ0) is 13.4. The van der Waals surface area contributed by atoms with Gasteiger partial charge in [-0.1, -0.05) is 13.8 Å². The molecule has 1 heterocycles. The average molecular weight is 254 g/mol. The van der Waals surface area contributed by atoms with Gasteiger partial charge in [-0.05, 0) is 30.3 Å². The summed E-state index contributed by atoms with van der Waals surface area (Å²) < 4.78 is 1.79. The van der Waals surface area contributed by atoms with Crippen molar-refractivity contribution in [1.82, 2.24) is 30.4 Å². The maximum Gasteiger partial charge on any atom is 0.234 e. The quantitative estimate of drug-likeness (QED) is 0.709. The summed E-state index contributed by atoms with van der Waals surface area (Å²) >= 11 is 0. The molecule has 7 nitrogen and oxygen atoms in total. The fourth-order valence-corrected chi connectivity index (χ4v) is 1.66. The molecule has 0 fully saturated rings. The molecule has 102 valence electrons. The van der Waals surface area contributed by atoms with Crippen LogP contribution in [0.4, 0.5) is 0 Å². The van der Waals surface area contributed by atoms with Crippen LogP contribution in [-0.2, 0) is 17.9 Å². The smallest absolute Gasteiger partial charge is 0.234 e. The van der Waals surface area contributed by atoms with Crippen LogP contribution in [0, 0.1) is 0 Å². The van der Waals surface area contributed by atoms with Crippen LogP contribution in [-0.4, -0.2) is 50.6 Å². The molecule has 1 amide bonds. The first-order valence-electron chi connectivity index (χ1n) is 6.45. The zero-order valence-electron chi connectivity index (χ0n) is 11.4. The highest BCUT2D eigenvalue weighted by molar-refractivity contribution is 5.77. The first kappa shape index (κ1) is 14.6. The van der Waals surface area contributed by atoms with Crippen molar-refractivity contribution in [3.63, 3.8) is 0 Å². The second-order valence-corrected chi connectivity index (χ2v) is 4.08. The highest BCUT2D eigenvalue weighted by atomic mass is 16.2. The van der Waals surface area contributed by atoms with Gasteiger partial charge in [-0.15, -0.1) is 5.10 Å². The minimum atomic E-state index is 0.0360. The van der Waals surface area contributed by atoms with E-state index in [0.29, 0.717) is 19.6 Å². The Hall–Kier alpha value is -1.50. The number of carbonyl (C=O) groups excluding carboxylic acids is 1. The van der Waals surface area contributed by atoms with Gasteiger partial charge in [0.25, 0.3) is 0 Å². The van der Waals surface area contributed by atoms with E-state index >= 15 is 0 Å². The van der Waals surface area contributed by atoms with Crippen molar-refractivity contribution in [2.45, 2.75) is 40.3 Å². The molecule has 0 aromatic carbocycles. The van der Waals surface area contributed by atoms with Gasteiger partial charge in [0.2, 0.25) is 5.91 Å². The fraction of sp³-hybridized carbons (Fsp3) is 0.818. The van der Waals surface area contributed by atoms with E-state index in [1.807, 2.05) is 18.7 Å². The molecule has 0 aliphatic heterocycles. The Morgan fingerprint density at radius 1 is 1.39 bits per heavy atom. The molecule has 0 saturated heterocycles. The van der Waals surface area contributed by atoms with E-state index in [4.69, 9.17) is 0 Å². The lowest BCUT2D eigenvalue weighted by Crippen LogP contribution is -2.37. The Morgan fingerprint density at radius 2 is 2.17 bits per heavy atom. The molecule has 1 rings (SSSR count). The van der Waals surface area contributed by atoms with Gasteiger partial charge in [0, 0.05) is 13.1 Å². The van der Waals surface area contributed by atoms with E-state index in [2.05, 4.69) is 27.8 Å². The standard InChI is InChI=1S/C11H22N6O/c1-4-7-17-10(13-14-15-17)8-16(6-3)9-11(18)12-5-2/h4-9H2,1-3H3,(H,12,18). The third-order valence-electron chi connectivity index (χ3n) is 2.59. The fourth-order valence-electron chi connectivity index (χ4n) is 1.66. The summed E-state index contributed by atoms with van der Waals surface area (Å²) in [4.78, 5) is 13.6. The first-order chi connectivity index (χ1) is 8.71. The van der Waals surface area contributed by atoms with Gasteiger partial charge in [0.1, 0.15) is 0 Å². The highest BCUT2D eigenvalue weighted by Gasteiger charge is 2.13. The summed E-state index contributed by atoms with van der Waals surface area (Å²) in [6, 6.07) is 0. The van der Waals surface area contributed by atoms with Gasteiger partial charge in [-0.2, -0.15) is 0 Å². The van der Waals surface area contributed by atoms with Gasteiger partial charge in [-0.3, -0.25) is 9.69 Å². The number of nitrogens with one attached hydrogen (secondary N) is 1. The molecular formula is C11H22N6O. The van der Waals surface area contributed by atoms with Crippen molar-refractivity contribution in [2.75, 3.05) is 19.6 Å². The summed E-state index contributed by atoms with van der Waals surface area (Å²) in [6.45, 7) is 9.24. The number of aromatic nitrogens is 4. The van der Waals surface area contributed by atoms with E-state index in [0.717, 1.165) is 25.3 Å². The second kappa shape index (κ2) is 7.75. The molecule has 1 aromatic heterocycles. The summed E-state index contributed by atoms with van der Waals surface area (Å²) in [5.74, 6) is 0.844. The second-order valence-electron chi connectivity index (χ2n) is 4.08. The number of hydrogen-bond acceptors (Lipinski definition) is 5. The Bertz CT molecular complexity index is 364. The Kier molecular flexibility index (Phi) is 6.27. The number of amides is 1. The van der Waals surface area contributed by atoms with E-state index in [-0.39, 0.29) is 5.91 Å². The molecule has 0 aliphatic rings. The summed E-state index contributed by atoms with van der Waals surface area (Å²) in [5.41, 5.74) is 0. The third kappa shape index (κ3) is 4.40. The monoisotopic (exact) mass is 254 g/mol. The minimum absolute atomic E-state index is 0.0360. The normalized spacial score (nSPS) is 10.9. The molecule has 0 spiro atoms. The van der Waals surface area contributed by atoms with Gasteiger partial charge in [0.05, 0.1) is 13.1 Å². The van der Waals surface area contributed by atoms with E-state index in [1.165, 1.54) is 0 Å². The van der Waals surface area contributed by atoms with Crippen LogP contribution in [0.15, 0.2) is 0 Å². The number of likely N-dealkylation sites (N-methyl/N-ethyl adjacent to an activating group) is 2. The number of rotatable bonds is 8. The minimum Gasteiger partial charge on any atom is -0.355 e. The molecule has 1 aromatic rings. The predicted molar refractivity (Wildman–Crippen MR) is 67.7 cm³/mol. The van der Waals surface area contributed by atoms with Crippen LogP contribution in [0.1, 0.15) is 33.0 Å². The van der Waals surface area contributed by atoms with Crippen molar-refractivity contribution in [1.29, 1.82) is 0 Å². The molecule has 0 aliphatic carbocycles. The molecule has 0 atom stereocenters. The highest BCUT2D eigenvalue weighted by Crippen LogP contribution is 2.00. The molecule has 0 unspecified atom stereocenters. The Balaban J connectivity index is 2.56. The van der Waals surface area contributed by atoms with Crippen LogP contribution in [0.2, 0.25) is 0 Å². The third-order valence-corrected chi connectivity index (χ3v) is 2.59. The van der Waals surface area contributed by atoms with Crippen LogP contribution in [0.25, 0.3) is 0 Å². The molecule has 7 heteroatoms. The number of nitrogens with zero attached hydrogens (tertiary/aromatic N) is 5. The topological polar surface area (TPSA) is 75.9 Å². The molecule has 0 bridgehead atoms. The van der Waals surface area contributed by atoms with Crippen molar-refractivity contribution >= 4 is 5.91 Å². The largest absolute Gasteiger partial charge is 0.355 e. The van der Waals surface area contributed by atoms with Crippen molar-refractivity contribution in [3.8, 4) is 0 Å². The Morgan fingerprint density at radius 3 is 2.78 bits per heavy atom. The maximum atomic E-state index is 11.5. The molecule has 18 heavy (non-hydrogen) atoms. The van der Waals surface area contributed by atoms with Crippen molar-refractivity contribution < 1.29 is 4.79 Å². The van der Waals surface area contributed by atoms with E-state index in [9.17, 15) is 4.79 Å². The summed E-state index contributed by atoms with van der Waals surface area (Å²) in [6.07, 6.45) is 0.987. The predicted octanol–water partition coefficient (Wildman–Crippen LogP) is 0.0411. The number of hydrogen-bond donors (Lipinski definition) is 1. The van der Waals surface area contributed by atoms with Crippen LogP contribution in [0.5, 0.6) is 0 Å². The van der Waals surface area contributed by atoms with Crippen molar-refractivity contribution in [3.05, 3.63) is 5.82 Å². The first-order valence-corrected chi connectivity index (χ1v) is 6.45. The van der Waals surface area contributed by atoms with Gasteiger partial charge < -0.3 is 5.32 Å². The van der Waals surface area contributed by atoms with Gasteiger partial charge >= 0.3 is 0 Å². The van der Waals surface area contributed by atoms with E-state index in [1.54, 1.807) is 4.68 Å². The lowest BCUT2D eigenvalue weighted by atomic mass is 10.4. The van der Waals surface area contributed by atoms with Gasteiger partial charge in [-0.25, -0.2) is 4.68 Å². The molecular weight excluding hydrogens is 232 g/mol. The molecule has 0 saturated carbocycles. The summed E-state index contributed by atoms with van der Waals surface area (Å²) in [5, 5.41) is 14.4. The van der Waals surface area contributed by atoms with Crippen LogP contribution < -0.4 is 5.32 Å². The van der Waals surface area contributed by atoms with Gasteiger partial charge in [0.15, 0.2) is 5.82 Å². The molecule has 1 N–H and O–H groups in total. The van der Waals surface area contributed by atoms with Crippen LogP contribution in [0.3, 0.4) is 0 Å². The number of carbonyl (C=O) groups is 1. The number of tetrazole rings is 1. The Labute approximate surface area is 108 Å². The van der Waals surface area contributed by atoms with E-state index < -0.39 is 0 Å². The lowest BCUT2D eigenvalue weighted by Gasteiger charge is -2.18. The van der Waals surface area contributed by atoms with Crippen LogP contribution >= 0.6 is 0 Å². The maximum absolute atomic E-state index is 11.5. The van der Waals surface area contributed by atoms with Crippen molar-refractivity contribution in [2.24, 2.45) is 0 Å². The zero-order valence-corrected chi connectivity index (χ0v) is 11.4. The number of aryl methyl sites for hydroxylation is 1.